The third-order valence-electron chi connectivity index (χ3n) is 6.84. The van der Waals surface area contributed by atoms with Gasteiger partial charge in [0.25, 0.3) is 31.9 Å². The van der Waals surface area contributed by atoms with Crippen molar-refractivity contribution in [2.24, 2.45) is 0 Å². The number of nitrogens with one attached hydrogen (secondary N) is 4. The molecule has 5 aromatic rings. The summed E-state index contributed by atoms with van der Waals surface area (Å²) in [6.45, 7) is 3.74. The summed E-state index contributed by atoms with van der Waals surface area (Å²) in [6, 6.07) is 31.5. The van der Waals surface area contributed by atoms with Gasteiger partial charge < -0.3 is 10.6 Å². The Hall–Kier alpha value is -5.46. The van der Waals surface area contributed by atoms with Crippen LogP contribution in [0.25, 0.3) is 0 Å². The first kappa shape index (κ1) is 31.9. The molecule has 0 aromatic heterocycles. The van der Waals surface area contributed by atoms with Crippen molar-refractivity contribution in [3.8, 4) is 0 Å². The molecule has 10 nitrogen and oxygen atoms in total. The fourth-order valence-corrected chi connectivity index (χ4v) is 6.43. The molecule has 4 N–H and O–H groups in total. The lowest BCUT2D eigenvalue weighted by molar-refractivity contribution is 0.102. The quantitative estimate of drug-likeness (QED) is 0.137. The van der Waals surface area contributed by atoms with Crippen LogP contribution in [0.4, 0.5) is 22.7 Å². The molecule has 46 heavy (non-hydrogen) atoms. The van der Waals surface area contributed by atoms with Gasteiger partial charge in [0.15, 0.2) is 0 Å². The summed E-state index contributed by atoms with van der Waals surface area (Å²) in [6.07, 6.45) is 0. The largest absolute Gasteiger partial charge is 0.322 e. The normalized spacial score (nSPS) is 11.3. The van der Waals surface area contributed by atoms with Gasteiger partial charge in [-0.3, -0.25) is 19.0 Å². The number of amides is 2. The number of anilines is 4. The summed E-state index contributed by atoms with van der Waals surface area (Å²) in [4.78, 5) is 26.1. The minimum Gasteiger partial charge on any atom is -0.322 e. The highest BCUT2D eigenvalue weighted by atomic mass is 32.2. The maximum atomic E-state index is 12.9. The van der Waals surface area contributed by atoms with Gasteiger partial charge in [-0.15, -0.1) is 0 Å². The fourth-order valence-electron chi connectivity index (χ4n) is 4.31. The van der Waals surface area contributed by atoms with Crippen LogP contribution in [0.3, 0.4) is 0 Å². The third kappa shape index (κ3) is 7.97. The first-order valence-electron chi connectivity index (χ1n) is 14.0. The van der Waals surface area contributed by atoms with Crippen LogP contribution in [0.5, 0.6) is 0 Å². The highest BCUT2D eigenvalue weighted by Crippen LogP contribution is 2.21. The predicted molar refractivity (Wildman–Crippen MR) is 179 cm³/mol. The molecule has 5 rings (SSSR count). The highest BCUT2D eigenvalue weighted by molar-refractivity contribution is 7.93. The van der Waals surface area contributed by atoms with Crippen LogP contribution < -0.4 is 20.1 Å². The fraction of sp³-hybridized carbons (Fsp3) is 0.0588. The molecule has 0 saturated carbocycles. The molecular formula is C34H30N4O6S2. The maximum absolute atomic E-state index is 12.9. The van der Waals surface area contributed by atoms with E-state index in [0.29, 0.717) is 22.7 Å². The lowest BCUT2D eigenvalue weighted by Gasteiger charge is -2.11. The summed E-state index contributed by atoms with van der Waals surface area (Å²) < 4.78 is 55.6. The van der Waals surface area contributed by atoms with Gasteiger partial charge in [0, 0.05) is 33.9 Å². The molecule has 5 aromatic carbocycles. The summed E-state index contributed by atoms with van der Waals surface area (Å²) in [5.74, 6) is -0.930. The standard InChI is InChI=1S/C34H30N4O6S2/c1-23-6-18-31(19-7-23)45(41,42)37-29-14-10-27(11-15-29)35-33(39)25-4-3-5-26(22-25)34(40)36-28-12-16-30(17-13-28)38-46(43,44)32-20-8-24(2)9-21-32/h3-22,37-38H,1-2H3,(H,35,39)(H,36,40). The number of aryl methyl sites for hydroxylation is 2. The molecule has 0 radical (unpaired) electrons. The SMILES string of the molecule is Cc1ccc(S(=O)(=O)Nc2ccc(NC(=O)c3cccc(C(=O)Nc4ccc(NS(=O)(=O)c5ccc(C)cc5)cc4)c3)cc2)cc1. The van der Waals surface area contributed by atoms with Crippen molar-refractivity contribution < 1.29 is 26.4 Å². The van der Waals surface area contributed by atoms with Crippen molar-refractivity contribution in [2.45, 2.75) is 23.6 Å². The second kappa shape index (κ2) is 13.3. The van der Waals surface area contributed by atoms with Gasteiger partial charge in [-0.2, -0.15) is 0 Å². The smallest absolute Gasteiger partial charge is 0.261 e. The van der Waals surface area contributed by atoms with E-state index in [2.05, 4.69) is 20.1 Å². The molecule has 0 saturated heterocycles. The molecule has 0 aliphatic rings. The average molecular weight is 655 g/mol. The van der Waals surface area contributed by atoms with Crippen molar-refractivity contribution in [1.82, 2.24) is 0 Å². The van der Waals surface area contributed by atoms with Gasteiger partial charge in [0.1, 0.15) is 0 Å². The van der Waals surface area contributed by atoms with Crippen LogP contribution in [0.2, 0.25) is 0 Å². The number of hydrogen-bond donors (Lipinski definition) is 4. The first-order chi connectivity index (χ1) is 21.9. The van der Waals surface area contributed by atoms with Crippen LogP contribution >= 0.6 is 0 Å². The molecule has 0 spiro atoms. The maximum Gasteiger partial charge on any atom is 0.261 e. The third-order valence-corrected chi connectivity index (χ3v) is 9.63. The van der Waals surface area contributed by atoms with Gasteiger partial charge in [0.05, 0.1) is 9.79 Å². The number of sulfonamides is 2. The first-order valence-corrected chi connectivity index (χ1v) is 17.0. The van der Waals surface area contributed by atoms with E-state index in [0.717, 1.165) is 11.1 Å². The number of carbonyl (C=O) groups excluding carboxylic acids is 2. The Bertz CT molecular complexity index is 1950. The van der Waals surface area contributed by atoms with Crippen molar-refractivity contribution in [1.29, 1.82) is 0 Å². The van der Waals surface area contributed by atoms with E-state index in [1.54, 1.807) is 66.7 Å². The zero-order valence-corrected chi connectivity index (χ0v) is 26.4. The summed E-state index contributed by atoms with van der Waals surface area (Å²) >= 11 is 0. The predicted octanol–water partition coefficient (Wildman–Crippen LogP) is 6.41. The lowest BCUT2D eigenvalue weighted by atomic mass is 10.1. The van der Waals surface area contributed by atoms with Gasteiger partial charge in [-0.05, 0) is 105 Å². The number of benzene rings is 5. The van der Waals surface area contributed by atoms with Crippen molar-refractivity contribution in [3.63, 3.8) is 0 Å². The summed E-state index contributed by atoms with van der Waals surface area (Å²) in [7, 11) is -7.54. The van der Waals surface area contributed by atoms with E-state index in [1.807, 2.05) is 13.8 Å². The van der Waals surface area contributed by atoms with E-state index in [9.17, 15) is 26.4 Å². The van der Waals surface area contributed by atoms with Gasteiger partial charge in [0.2, 0.25) is 0 Å². The Kier molecular flexibility index (Phi) is 9.21. The molecule has 234 valence electrons. The molecule has 0 unspecified atom stereocenters. The minimum absolute atomic E-state index is 0.137. The van der Waals surface area contributed by atoms with Crippen LogP contribution in [-0.4, -0.2) is 28.6 Å². The van der Waals surface area contributed by atoms with E-state index >= 15 is 0 Å². The minimum atomic E-state index is -3.77. The van der Waals surface area contributed by atoms with Crippen LogP contribution in [0.15, 0.2) is 131 Å². The van der Waals surface area contributed by atoms with Crippen molar-refractivity contribution in [2.75, 3.05) is 20.1 Å². The molecule has 0 atom stereocenters. The average Bonchev–Trinajstić information content (AvgIpc) is 3.03. The van der Waals surface area contributed by atoms with Crippen LogP contribution in [0.1, 0.15) is 31.8 Å². The zero-order valence-electron chi connectivity index (χ0n) is 24.8. The highest BCUT2D eigenvalue weighted by Gasteiger charge is 2.16. The zero-order chi connectivity index (χ0) is 32.9. The molecule has 12 heteroatoms. The van der Waals surface area contributed by atoms with Gasteiger partial charge >= 0.3 is 0 Å². The van der Waals surface area contributed by atoms with Crippen LogP contribution in [0, 0.1) is 13.8 Å². The molecule has 0 bridgehead atoms. The summed E-state index contributed by atoms with van der Waals surface area (Å²) in [5, 5.41) is 5.47. The molecule has 0 aliphatic carbocycles. The Morgan fingerprint density at radius 3 is 1.13 bits per heavy atom. The molecule has 0 heterocycles. The van der Waals surface area contributed by atoms with Crippen molar-refractivity contribution in [3.05, 3.63) is 144 Å². The van der Waals surface area contributed by atoms with Gasteiger partial charge in [-0.1, -0.05) is 41.5 Å². The molecular weight excluding hydrogens is 625 g/mol. The number of carbonyl (C=O) groups is 2. The molecule has 0 aliphatic heterocycles. The van der Waals surface area contributed by atoms with E-state index in [-0.39, 0.29) is 20.9 Å². The van der Waals surface area contributed by atoms with Crippen molar-refractivity contribution >= 4 is 54.6 Å². The number of rotatable bonds is 10. The topological polar surface area (TPSA) is 151 Å². The Morgan fingerprint density at radius 1 is 0.457 bits per heavy atom. The monoisotopic (exact) mass is 654 g/mol. The van der Waals surface area contributed by atoms with Gasteiger partial charge in [-0.25, -0.2) is 16.8 Å². The lowest BCUT2D eigenvalue weighted by Crippen LogP contribution is -2.16. The molecule has 2 amide bonds. The Morgan fingerprint density at radius 2 is 0.783 bits per heavy atom. The molecule has 0 fully saturated rings. The van der Waals surface area contributed by atoms with E-state index in [1.165, 1.54) is 54.6 Å². The van der Waals surface area contributed by atoms with E-state index < -0.39 is 31.9 Å². The number of hydrogen-bond acceptors (Lipinski definition) is 6. The Balaban J connectivity index is 1.18. The van der Waals surface area contributed by atoms with Crippen LogP contribution in [-0.2, 0) is 20.0 Å². The van der Waals surface area contributed by atoms with E-state index in [4.69, 9.17) is 0 Å². The summed E-state index contributed by atoms with van der Waals surface area (Å²) in [5.41, 5.74) is 3.86. The Labute approximate surface area is 267 Å². The second-order valence-electron chi connectivity index (χ2n) is 10.5. The second-order valence-corrected chi connectivity index (χ2v) is 13.8.